The molecule has 0 saturated carbocycles. The van der Waals surface area contributed by atoms with Crippen molar-refractivity contribution in [3.8, 4) is 0 Å². The highest BCUT2D eigenvalue weighted by atomic mass is 32.2. The van der Waals surface area contributed by atoms with Gasteiger partial charge in [-0.1, -0.05) is 69.3 Å². The zero-order valence-electron chi connectivity index (χ0n) is 17.9. The molecule has 1 amide bonds. The number of ketones is 1. The van der Waals surface area contributed by atoms with Crippen LogP contribution in [0.25, 0.3) is 0 Å². The van der Waals surface area contributed by atoms with E-state index in [9.17, 15) is 14.0 Å². The van der Waals surface area contributed by atoms with Gasteiger partial charge < -0.3 is 5.32 Å². The van der Waals surface area contributed by atoms with Gasteiger partial charge in [-0.3, -0.25) is 9.59 Å². The fourth-order valence-electron chi connectivity index (χ4n) is 3.07. The van der Waals surface area contributed by atoms with Gasteiger partial charge in [0.2, 0.25) is 5.91 Å². The summed E-state index contributed by atoms with van der Waals surface area (Å²) >= 11 is 1.45. The molecule has 0 fully saturated rings. The Morgan fingerprint density at radius 2 is 1.58 bits per heavy atom. The third kappa shape index (κ3) is 6.53. The molecule has 0 aromatic heterocycles. The second-order valence-electron chi connectivity index (χ2n) is 8.40. The first-order valence-electron chi connectivity index (χ1n) is 10.1. The van der Waals surface area contributed by atoms with Gasteiger partial charge in [-0.2, -0.15) is 0 Å². The Morgan fingerprint density at radius 3 is 2.23 bits per heavy atom. The Kier molecular flexibility index (Phi) is 7.29. The van der Waals surface area contributed by atoms with Crippen molar-refractivity contribution in [2.24, 2.45) is 0 Å². The van der Waals surface area contributed by atoms with Crippen LogP contribution >= 0.6 is 11.8 Å². The highest BCUT2D eigenvalue weighted by molar-refractivity contribution is 7.99. The standard InChI is InChI=1S/C26H26FNO2S/c1-26(2,3)21-11-9-19(10-12-21)25(30)20-5-4-6-23(15-20)28-24(29)17-31-16-18-7-13-22(27)14-8-18/h4-15H,16-17H2,1-3H3,(H,28,29). The van der Waals surface area contributed by atoms with Crippen LogP contribution in [0.3, 0.4) is 0 Å². The van der Waals surface area contributed by atoms with Crippen molar-refractivity contribution in [2.75, 3.05) is 11.1 Å². The third-order valence-electron chi connectivity index (χ3n) is 4.84. The number of halogens is 1. The van der Waals surface area contributed by atoms with Gasteiger partial charge in [0.1, 0.15) is 5.82 Å². The monoisotopic (exact) mass is 435 g/mol. The summed E-state index contributed by atoms with van der Waals surface area (Å²) in [6.45, 7) is 6.40. The topological polar surface area (TPSA) is 46.2 Å². The van der Waals surface area contributed by atoms with Crippen LogP contribution < -0.4 is 5.32 Å². The maximum atomic E-state index is 12.9. The van der Waals surface area contributed by atoms with Crippen molar-refractivity contribution in [2.45, 2.75) is 31.9 Å². The van der Waals surface area contributed by atoms with E-state index >= 15 is 0 Å². The number of thioether (sulfide) groups is 1. The normalized spacial score (nSPS) is 11.2. The number of rotatable bonds is 7. The van der Waals surface area contributed by atoms with Crippen molar-refractivity contribution in [1.29, 1.82) is 0 Å². The van der Waals surface area contributed by atoms with Gasteiger partial charge in [0.15, 0.2) is 5.78 Å². The summed E-state index contributed by atoms with van der Waals surface area (Å²) in [5.41, 5.74) is 3.89. The lowest BCUT2D eigenvalue weighted by atomic mass is 9.86. The number of carbonyl (C=O) groups is 2. The summed E-state index contributed by atoms with van der Waals surface area (Å²) in [4.78, 5) is 25.1. The zero-order chi connectivity index (χ0) is 22.4. The molecule has 0 saturated heterocycles. The molecule has 0 radical (unpaired) electrons. The molecular weight excluding hydrogens is 409 g/mol. The van der Waals surface area contributed by atoms with Crippen LogP contribution in [0.2, 0.25) is 0 Å². The largest absolute Gasteiger partial charge is 0.325 e. The minimum atomic E-state index is -0.272. The van der Waals surface area contributed by atoms with Gasteiger partial charge in [-0.05, 0) is 40.8 Å². The van der Waals surface area contributed by atoms with Gasteiger partial charge in [0, 0.05) is 22.6 Å². The number of benzene rings is 3. The van der Waals surface area contributed by atoms with Gasteiger partial charge in [0.25, 0.3) is 0 Å². The first-order chi connectivity index (χ1) is 14.7. The third-order valence-corrected chi connectivity index (χ3v) is 5.84. The molecule has 0 atom stereocenters. The average Bonchev–Trinajstić information content (AvgIpc) is 2.74. The van der Waals surface area contributed by atoms with Crippen LogP contribution in [-0.2, 0) is 16.0 Å². The van der Waals surface area contributed by atoms with Crippen LogP contribution in [0, 0.1) is 5.82 Å². The van der Waals surface area contributed by atoms with E-state index in [1.54, 1.807) is 36.4 Å². The van der Waals surface area contributed by atoms with Crippen LogP contribution in [-0.4, -0.2) is 17.4 Å². The molecule has 5 heteroatoms. The van der Waals surface area contributed by atoms with Crippen molar-refractivity contribution >= 4 is 29.1 Å². The van der Waals surface area contributed by atoms with E-state index in [1.807, 2.05) is 24.3 Å². The second-order valence-corrected chi connectivity index (χ2v) is 9.39. The molecule has 3 rings (SSSR count). The van der Waals surface area contributed by atoms with E-state index in [1.165, 1.54) is 29.5 Å². The molecule has 1 N–H and O–H groups in total. The van der Waals surface area contributed by atoms with Gasteiger partial charge in [-0.15, -0.1) is 11.8 Å². The number of nitrogens with one attached hydrogen (secondary N) is 1. The highest BCUT2D eigenvalue weighted by Gasteiger charge is 2.15. The lowest BCUT2D eigenvalue weighted by Crippen LogP contribution is -2.14. The number of amides is 1. The summed E-state index contributed by atoms with van der Waals surface area (Å²) < 4.78 is 12.9. The van der Waals surface area contributed by atoms with E-state index in [4.69, 9.17) is 0 Å². The first-order valence-corrected chi connectivity index (χ1v) is 11.3. The SMILES string of the molecule is CC(C)(C)c1ccc(C(=O)c2cccc(NC(=O)CSCc3ccc(F)cc3)c2)cc1. The molecule has 0 aliphatic heterocycles. The van der Waals surface area contributed by atoms with Crippen LogP contribution in [0.1, 0.15) is 47.8 Å². The fraction of sp³-hybridized carbons (Fsp3) is 0.231. The molecule has 3 nitrogen and oxygen atoms in total. The van der Waals surface area contributed by atoms with Crippen molar-refractivity contribution in [3.05, 3.63) is 101 Å². The Hall–Kier alpha value is -2.92. The minimum Gasteiger partial charge on any atom is -0.325 e. The zero-order valence-corrected chi connectivity index (χ0v) is 18.8. The van der Waals surface area contributed by atoms with Crippen molar-refractivity contribution in [3.63, 3.8) is 0 Å². The maximum Gasteiger partial charge on any atom is 0.234 e. The Bertz CT molecular complexity index is 1050. The number of hydrogen-bond acceptors (Lipinski definition) is 3. The number of hydrogen-bond donors (Lipinski definition) is 1. The van der Waals surface area contributed by atoms with E-state index in [0.29, 0.717) is 22.6 Å². The van der Waals surface area contributed by atoms with Gasteiger partial charge in [0.05, 0.1) is 5.75 Å². The van der Waals surface area contributed by atoms with E-state index in [2.05, 4.69) is 26.1 Å². The van der Waals surface area contributed by atoms with E-state index < -0.39 is 0 Å². The second kappa shape index (κ2) is 9.92. The predicted octanol–water partition coefficient (Wildman–Crippen LogP) is 6.23. The van der Waals surface area contributed by atoms with Gasteiger partial charge in [-0.25, -0.2) is 4.39 Å². The molecule has 160 valence electrons. The van der Waals surface area contributed by atoms with Crippen molar-refractivity contribution in [1.82, 2.24) is 0 Å². The molecular formula is C26H26FNO2S. The summed E-state index contributed by atoms with van der Waals surface area (Å²) in [5.74, 6) is 0.389. The van der Waals surface area contributed by atoms with Crippen LogP contribution in [0.5, 0.6) is 0 Å². The maximum absolute atomic E-state index is 12.9. The minimum absolute atomic E-state index is 0.0283. The average molecular weight is 436 g/mol. The lowest BCUT2D eigenvalue weighted by Gasteiger charge is -2.19. The molecule has 0 spiro atoms. The van der Waals surface area contributed by atoms with Crippen molar-refractivity contribution < 1.29 is 14.0 Å². The molecule has 3 aromatic carbocycles. The molecule has 0 unspecified atom stereocenters. The molecule has 0 heterocycles. The lowest BCUT2D eigenvalue weighted by molar-refractivity contribution is -0.113. The van der Waals surface area contributed by atoms with Crippen LogP contribution in [0.15, 0.2) is 72.8 Å². The molecule has 3 aromatic rings. The Labute approximate surface area is 187 Å². The summed E-state index contributed by atoms with van der Waals surface area (Å²) in [6.07, 6.45) is 0. The highest BCUT2D eigenvalue weighted by Crippen LogP contribution is 2.23. The predicted molar refractivity (Wildman–Crippen MR) is 126 cm³/mol. The summed E-state index contributed by atoms with van der Waals surface area (Å²) in [7, 11) is 0. The fourth-order valence-corrected chi connectivity index (χ4v) is 3.85. The number of carbonyl (C=O) groups excluding carboxylic acids is 2. The molecule has 0 bridgehead atoms. The Balaban J connectivity index is 1.58. The quantitative estimate of drug-likeness (QED) is 0.448. The smallest absolute Gasteiger partial charge is 0.234 e. The van der Waals surface area contributed by atoms with Gasteiger partial charge >= 0.3 is 0 Å². The van der Waals surface area contributed by atoms with E-state index in [0.717, 1.165) is 5.56 Å². The Morgan fingerprint density at radius 1 is 0.903 bits per heavy atom. The number of anilines is 1. The summed E-state index contributed by atoms with van der Waals surface area (Å²) in [5, 5.41) is 2.84. The molecule has 0 aliphatic rings. The molecule has 31 heavy (non-hydrogen) atoms. The van der Waals surface area contributed by atoms with E-state index in [-0.39, 0.29) is 28.7 Å². The van der Waals surface area contributed by atoms with Crippen LogP contribution in [0.4, 0.5) is 10.1 Å². The first kappa shape index (κ1) is 22.8. The molecule has 0 aliphatic carbocycles. The summed E-state index contributed by atoms with van der Waals surface area (Å²) in [6, 6.07) is 20.9.